The van der Waals surface area contributed by atoms with Crippen LogP contribution in [0.4, 0.5) is 5.69 Å². The minimum Gasteiger partial charge on any atom is -0.462 e. The van der Waals surface area contributed by atoms with Crippen molar-refractivity contribution in [2.24, 2.45) is 0 Å². The molecule has 0 aliphatic heterocycles. The number of aryl methyl sites for hydroxylation is 1. The highest BCUT2D eigenvalue weighted by atomic mass is 16.5. The molecule has 2 aromatic carbocycles. The largest absolute Gasteiger partial charge is 0.462 e. The van der Waals surface area contributed by atoms with Gasteiger partial charge in [-0.2, -0.15) is 0 Å². The van der Waals surface area contributed by atoms with E-state index >= 15 is 0 Å². The van der Waals surface area contributed by atoms with Gasteiger partial charge in [-0.15, -0.1) is 0 Å². The topological polar surface area (TPSA) is 52.3 Å². The molecule has 0 bridgehead atoms. The van der Waals surface area contributed by atoms with Gasteiger partial charge in [0.25, 0.3) is 0 Å². The minimum absolute atomic E-state index is 0.287. The number of esters is 1. The van der Waals surface area contributed by atoms with Crippen molar-refractivity contribution in [2.75, 3.05) is 12.3 Å². The second-order valence-corrected chi connectivity index (χ2v) is 4.70. The molecule has 0 atom stereocenters. The molecule has 20 heavy (non-hydrogen) atoms. The van der Waals surface area contributed by atoms with E-state index in [1.807, 2.05) is 18.2 Å². The van der Waals surface area contributed by atoms with E-state index in [1.54, 1.807) is 24.3 Å². The second kappa shape index (κ2) is 7.34. The average Bonchev–Trinajstić information content (AvgIpc) is 2.48. The van der Waals surface area contributed by atoms with Crippen molar-refractivity contribution >= 4 is 11.7 Å². The van der Waals surface area contributed by atoms with Crippen LogP contribution in [0, 0.1) is 0 Å². The summed E-state index contributed by atoms with van der Waals surface area (Å²) in [6.07, 6.45) is 2.90. The van der Waals surface area contributed by atoms with E-state index in [-0.39, 0.29) is 5.97 Å². The van der Waals surface area contributed by atoms with E-state index in [0.717, 1.165) is 19.3 Å². The van der Waals surface area contributed by atoms with Gasteiger partial charge in [0.2, 0.25) is 0 Å². The lowest BCUT2D eigenvalue weighted by Crippen LogP contribution is -2.06. The van der Waals surface area contributed by atoms with Gasteiger partial charge in [0.1, 0.15) is 0 Å². The molecular formula is C17H19NO2. The molecular weight excluding hydrogens is 250 g/mol. The number of hydrogen-bond acceptors (Lipinski definition) is 3. The van der Waals surface area contributed by atoms with E-state index in [0.29, 0.717) is 17.9 Å². The Bertz CT molecular complexity index is 535. The molecule has 0 aromatic heterocycles. The summed E-state index contributed by atoms with van der Waals surface area (Å²) >= 11 is 0. The first kappa shape index (κ1) is 14.1. The van der Waals surface area contributed by atoms with Gasteiger partial charge in [-0.1, -0.05) is 30.3 Å². The number of hydrogen-bond donors (Lipinski definition) is 1. The summed E-state index contributed by atoms with van der Waals surface area (Å²) in [6.45, 7) is 0.454. The number of ether oxygens (including phenoxy) is 1. The van der Waals surface area contributed by atoms with Crippen LogP contribution in [0.25, 0.3) is 0 Å². The van der Waals surface area contributed by atoms with Crippen molar-refractivity contribution in [3.05, 3.63) is 65.7 Å². The van der Waals surface area contributed by atoms with E-state index in [9.17, 15) is 4.79 Å². The van der Waals surface area contributed by atoms with Crippen LogP contribution in [0.3, 0.4) is 0 Å². The number of unbranched alkanes of at least 4 members (excludes halogenated alkanes) is 1. The highest BCUT2D eigenvalue weighted by molar-refractivity contribution is 5.89. The molecule has 0 radical (unpaired) electrons. The summed E-state index contributed by atoms with van der Waals surface area (Å²) in [5.74, 6) is -0.287. The van der Waals surface area contributed by atoms with Gasteiger partial charge in [-0.25, -0.2) is 4.79 Å². The molecule has 104 valence electrons. The Balaban J connectivity index is 1.66. The predicted molar refractivity (Wildman–Crippen MR) is 80.5 cm³/mol. The molecule has 0 aliphatic rings. The van der Waals surface area contributed by atoms with Crippen LogP contribution in [0.1, 0.15) is 28.8 Å². The number of benzene rings is 2. The summed E-state index contributed by atoms with van der Waals surface area (Å²) in [6, 6.07) is 17.1. The molecule has 2 N–H and O–H groups in total. The third kappa shape index (κ3) is 4.43. The zero-order chi connectivity index (χ0) is 14.2. The highest BCUT2D eigenvalue weighted by Crippen LogP contribution is 2.08. The monoisotopic (exact) mass is 269 g/mol. The molecule has 0 aliphatic carbocycles. The molecule has 2 rings (SSSR count). The van der Waals surface area contributed by atoms with Gasteiger partial charge >= 0.3 is 5.97 Å². The first-order chi connectivity index (χ1) is 9.75. The fraction of sp³-hybridized carbons (Fsp3) is 0.235. The summed E-state index contributed by atoms with van der Waals surface area (Å²) in [7, 11) is 0. The maximum atomic E-state index is 11.7. The standard InChI is InChI=1S/C17H19NO2/c18-16-11-9-15(10-12-16)17(19)20-13-5-4-8-14-6-2-1-3-7-14/h1-3,6-7,9-12H,4-5,8,13,18H2. The van der Waals surface area contributed by atoms with Crippen LogP contribution in [-0.4, -0.2) is 12.6 Å². The Morgan fingerprint density at radius 1 is 0.950 bits per heavy atom. The maximum absolute atomic E-state index is 11.7. The predicted octanol–water partition coefficient (Wildman–Crippen LogP) is 3.45. The number of anilines is 1. The van der Waals surface area contributed by atoms with Crippen molar-refractivity contribution < 1.29 is 9.53 Å². The van der Waals surface area contributed by atoms with Crippen LogP contribution < -0.4 is 5.73 Å². The average molecular weight is 269 g/mol. The van der Waals surface area contributed by atoms with Crippen molar-refractivity contribution in [3.8, 4) is 0 Å². The number of carbonyl (C=O) groups excluding carboxylic acids is 1. The molecule has 0 heterocycles. The fourth-order valence-electron chi connectivity index (χ4n) is 1.94. The summed E-state index contributed by atoms with van der Waals surface area (Å²) in [5, 5.41) is 0. The summed E-state index contributed by atoms with van der Waals surface area (Å²) in [5.41, 5.74) is 8.07. The van der Waals surface area contributed by atoms with E-state index in [2.05, 4.69) is 12.1 Å². The fourth-order valence-corrected chi connectivity index (χ4v) is 1.94. The number of nitrogens with two attached hydrogens (primary N) is 1. The lowest BCUT2D eigenvalue weighted by molar-refractivity contribution is 0.0498. The highest BCUT2D eigenvalue weighted by Gasteiger charge is 2.05. The molecule has 3 nitrogen and oxygen atoms in total. The molecule has 0 spiro atoms. The van der Waals surface area contributed by atoms with Crippen molar-refractivity contribution in [1.82, 2.24) is 0 Å². The minimum atomic E-state index is -0.287. The molecule has 0 fully saturated rings. The quantitative estimate of drug-likeness (QED) is 0.496. The number of nitrogen functional groups attached to an aromatic ring is 1. The van der Waals surface area contributed by atoms with Gasteiger partial charge < -0.3 is 10.5 Å². The van der Waals surface area contributed by atoms with Crippen LogP contribution in [0.15, 0.2) is 54.6 Å². The molecule has 0 unspecified atom stereocenters. The Labute approximate surface area is 119 Å². The Morgan fingerprint density at radius 2 is 1.65 bits per heavy atom. The normalized spacial score (nSPS) is 10.2. The van der Waals surface area contributed by atoms with E-state index < -0.39 is 0 Å². The van der Waals surface area contributed by atoms with Gasteiger partial charge in [0, 0.05) is 5.69 Å². The van der Waals surface area contributed by atoms with Crippen LogP contribution in [0.2, 0.25) is 0 Å². The third-order valence-electron chi connectivity index (χ3n) is 3.08. The zero-order valence-corrected chi connectivity index (χ0v) is 11.4. The first-order valence-electron chi connectivity index (χ1n) is 6.82. The molecule has 0 saturated heterocycles. The van der Waals surface area contributed by atoms with Crippen LogP contribution in [-0.2, 0) is 11.2 Å². The molecule has 0 saturated carbocycles. The molecule has 0 amide bonds. The lowest BCUT2D eigenvalue weighted by atomic mass is 10.1. The third-order valence-corrected chi connectivity index (χ3v) is 3.08. The van der Waals surface area contributed by atoms with E-state index in [4.69, 9.17) is 10.5 Å². The lowest BCUT2D eigenvalue weighted by Gasteiger charge is -2.05. The second-order valence-electron chi connectivity index (χ2n) is 4.70. The van der Waals surface area contributed by atoms with Crippen molar-refractivity contribution in [1.29, 1.82) is 0 Å². The maximum Gasteiger partial charge on any atom is 0.338 e. The Hall–Kier alpha value is -2.29. The Morgan fingerprint density at radius 3 is 2.35 bits per heavy atom. The van der Waals surface area contributed by atoms with Gasteiger partial charge in [-0.05, 0) is 49.1 Å². The Kier molecular flexibility index (Phi) is 5.18. The molecule has 3 heteroatoms. The van der Waals surface area contributed by atoms with Gasteiger partial charge in [0.05, 0.1) is 12.2 Å². The smallest absolute Gasteiger partial charge is 0.338 e. The zero-order valence-electron chi connectivity index (χ0n) is 11.4. The van der Waals surface area contributed by atoms with Crippen LogP contribution >= 0.6 is 0 Å². The first-order valence-corrected chi connectivity index (χ1v) is 6.82. The van der Waals surface area contributed by atoms with Crippen molar-refractivity contribution in [3.63, 3.8) is 0 Å². The van der Waals surface area contributed by atoms with E-state index in [1.165, 1.54) is 5.56 Å². The number of rotatable bonds is 6. The summed E-state index contributed by atoms with van der Waals surface area (Å²) < 4.78 is 5.23. The SMILES string of the molecule is Nc1ccc(C(=O)OCCCCc2ccccc2)cc1. The number of carbonyl (C=O) groups is 1. The molecule has 2 aromatic rings. The van der Waals surface area contributed by atoms with Crippen LogP contribution in [0.5, 0.6) is 0 Å². The van der Waals surface area contributed by atoms with Crippen molar-refractivity contribution in [2.45, 2.75) is 19.3 Å². The van der Waals surface area contributed by atoms with Gasteiger partial charge in [-0.3, -0.25) is 0 Å². The van der Waals surface area contributed by atoms with Gasteiger partial charge in [0.15, 0.2) is 0 Å². The summed E-state index contributed by atoms with van der Waals surface area (Å²) in [4.78, 5) is 11.7.